The molecule has 0 aliphatic carbocycles. The van der Waals surface area contributed by atoms with Crippen LogP contribution in [0.2, 0.25) is 0 Å². The summed E-state index contributed by atoms with van der Waals surface area (Å²) >= 11 is 0. The molecule has 0 spiro atoms. The topological polar surface area (TPSA) is 23.6 Å². The molecule has 0 saturated carbocycles. The van der Waals surface area contributed by atoms with E-state index < -0.39 is 28.9 Å². The molecule has 6 heteroatoms. The Bertz CT molecular complexity index is 815. The number of piperazine rings is 1. The molecule has 0 atom stereocenters. The minimum absolute atomic E-state index is 0.393. The number of aryl methyl sites for hydroxylation is 2. The molecule has 3 nitrogen and oxygen atoms in total. The third-order valence-corrected chi connectivity index (χ3v) is 4.69. The van der Waals surface area contributed by atoms with Gasteiger partial charge in [-0.3, -0.25) is 4.79 Å². The van der Waals surface area contributed by atoms with Crippen molar-refractivity contribution >= 4 is 11.6 Å². The number of hydrogen-bond donors (Lipinski definition) is 0. The van der Waals surface area contributed by atoms with E-state index in [0.29, 0.717) is 26.2 Å². The summed E-state index contributed by atoms with van der Waals surface area (Å²) in [7, 11) is 0. The molecular formula is C19H19F3N2O. The van der Waals surface area contributed by atoms with Gasteiger partial charge in [-0.25, -0.2) is 13.2 Å². The second kappa shape index (κ2) is 6.78. The molecule has 25 heavy (non-hydrogen) atoms. The predicted molar refractivity (Wildman–Crippen MR) is 90.3 cm³/mol. The fourth-order valence-corrected chi connectivity index (χ4v) is 2.95. The first-order valence-electron chi connectivity index (χ1n) is 8.13. The lowest BCUT2D eigenvalue weighted by Crippen LogP contribution is -2.49. The Morgan fingerprint density at radius 2 is 1.56 bits per heavy atom. The molecule has 0 unspecified atom stereocenters. The monoisotopic (exact) mass is 348 g/mol. The minimum Gasteiger partial charge on any atom is -0.368 e. The number of amides is 1. The summed E-state index contributed by atoms with van der Waals surface area (Å²) in [5, 5.41) is 0. The zero-order chi connectivity index (χ0) is 18.1. The minimum atomic E-state index is -1.61. The van der Waals surface area contributed by atoms with Crippen LogP contribution in [-0.2, 0) is 0 Å². The molecule has 132 valence electrons. The van der Waals surface area contributed by atoms with E-state index in [4.69, 9.17) is 0 Å². The van der Waals surface area contributed by atoms with Gasteiger partial charge in [0.05, 0.1) is 5.56 Å². The number of nitrogens with zero attached hydrogens (tertiary/aromatic N) is 2. The van der Waals surface area contributed by atoms with Crippen LogP contribution in [0.25, 0.3) is 0 Å². The first kappa shape index (κ1) is 17.3. The van der Waals surface area contributed by atoms with E-state index in [1.165, 1.54) is 16.0 Å². The van der Waals surface area contributed by atoms with Crippen LogP contribution in [0.5, 0.6) is 0 Å². The van der Waals surface area contributed by atoms with Gasteiger partial charge in [0.2, 0.25) is 0 Å². The van der Waals surface area contributed by atoms with Crippen LogP contribution in [0.15, 0.2) is 30.3 Å². The number of hydrogen-bond acceptors (Lipinski definition) is 2. The standard InChI is InChI=1S/C19H19F3N2O/c1-12-3-4-14(11-13(12)2)23-7-9-24(10-8-23)19(25)15-5-6-16(20)18(22)17(15)21/h3-6,11H,7-10H2,1-2H3. The van der Waals surface area contributed by atoms with Crippen molar-refractivity contribution in [2.75, 3.05) is 31.1 Å². The summed E-state index contributed by atoms with van der Waals surface area (Å²) in [6.45, 7) is 6.07. The van der Waals surface area contributed by atoms with Crippen LogP contribution in [0.3, 0.4) is 0 Å². The second-order valence-corrected chi connectivity index (χ2v) is 6.27. The summed E-state index contributed by atoms with van der Waals surface area (Å²) in [6.07, 6.45) is 0. The van der Waals surface area contributed by atoms with Crippen molar-refractivity contribution in [3.8, 4) is 0 Å². The van der Waals surface area contributed by atoms with Crippen molar-refractivity contribution in [3.63, 3.8) is 0 Å². The third kappa shape index (κ3) is 3.34. The molecule has 1 fully saturated rings. The highest BCUT2D eigenvalue weighted by Crippen LogP contribution is 2.22. The molecule has 1 aliphatic heterocycles. The van der Waals surface area contributed by atoms with Crippen molar-refractivity contribution in [2.24, 2.45) is 0 Å². The van der Waals surface area contributed by atoms with Crippen molar-refractivity contribution < 1.29 is 18.0 Å². The number of halogens is 3. The molecule has 0 N–H and O–H groups in total. The fourth-order valence-electron chi connectivity index (χ4n) is 2.95. The number of carbonyl (C=O) groups is 1. The number of anilines is 1. The van der Waals surface area contributed by atoms with Gasteiger partial charge < -0.3 is 9.80 Å². The van der Waals surface area contributed by atoms with Crippen molar-refractivity contribution in [1.82, 2.24) is 4.90 Å². The SMILES string of the molecule is Cc1ccc(N2CCN(C(=O)c3ccc(F)c(F)c3F)CC2)cc1C. The molecule has 2 aromatic rings. The Balaban J connectivity index is 1.71. The molecule has 2 aromatic carbocycles. The van der Waals surface area contributed by atoms with Gasteiger partial charge in [0.25, 0.3) is 5.91 Å². The van der Waals surface area contributed by atoms with Gasteiger partial charge >= 0.3 is 0 Å². The summed E-state index contributed by atoms with van der Waals surface area (Å²) in [4.78, 5) is 16.0. The average molecular weight is 348 g/mol. The largest absolute Gasteiger partial charge is 0.368 e. The van der Waals surface area contributed by atoms with Crippen LogP contribution < -0.4 is 4.90 Å². The van der Waals surface area contributed by atoms with E-state index in [1.54, 1.807) is 0 Å². The Morgan fingerprint density at radius 3 is 2.20 bits per heavy atom. The van der Waals surface area contributed by atoms with Gasteiger partial charge in [-0.15, -0.1) is 0 Å². The second-order valence-electron chi connectivity index (χ2n) is 6.27. The molecular weight excluding hydrogens is 329 g/mol. The lowest BCUT2D eigenvalue weighted by atomic mass is 10.1. The van der Waals surface area contributed by atoms with E-state index in [2.05, 4.69) is 17.0 Å². The molecule has 0 radical (unpaired) electrons. The molecule has 3 rings (SSSR count). The van der Waals surface area contributed by atoms with E-state index in [9.17, 15) is 18.0 Å². The Labute approximate surface area is 144 Å². The maximum absolute atomic E-state index is 13.8. The quantitative estimate of drug-likeness (QED) is 0.773. The third-order valence-electron chi connectivity index (χ3n) is 4.69. The maximum Gasteiger partial charge on any atom is 0.257 e. The normalized spacial score (nSPS) is 14.8. The van der Waals surface area contributed by atoms with Crippen LogP contribution in [0.4, 0.5) is 18.9 Å². The number of rotatable bonds is 2. The molecule has 0 aromatic heterocycles. The molecule has 1 aliphatic rings. The van der Waals surface area contributed by atoms with E-state index >= 15 is 0 Å². The molecule has 1 saturated heterocycles. The van der Waals surface area contributed by atoms with Gasteiger partial charge in [0, 0.05) is 31.9 Å². The van der Waals surface area contributed by atoms with Crippen LogP contribution in [-0.4, -0.2) is 37.0 Å². The Hall–Kier alpha value is -2.50. The van der Waals surface area contributed by atoms with E-state index in [-0.39, 0.29) is 0 Å². The summed E-state index contributed by atoms with van der Waals surface area (Å²) in [6, 6.07) is 7.96. The van der Waals surface area contributed by atoms with E-state index in [0.717, 1.165) is 17.8 Å². The lowest BCUT2D eigenvalue weighted by molar-refractivity contribution is 0.0740. The highest BCUT2D eigenvalue weighted by Gasteiger charge is 2.26. The summed E-state index contributed by atoms with van der Waals surface area (Å²) in [5.74, 6) is -4.95. The van der Waals surface area contributed by atoms with Gasteiger partial charge in [0.1, 0.15) is 0 Å². The van der Waals surface area contributed by atoms with Gasteiger partial charge in [-0.2, -0.15) is 0 Å². The first-order valence-corrected chi connectivity index (χ1v) is 8.13. The van der Waals surface area contributed by atoms with Gasteiger partial charge in [0.15, 0.2) is 17.5 Å². The van der Waals surface area contributed by atoms with Gasteiger partial charge in [-0.05, 0) is 49.2 Å². The molecule has 0 bridgehead atoms. The van der Waals surface area contributed by atoms with Crippen LogP contribution >= 0.6 is 0 Å². The summed E-state index contributed by atoms with van der Waals surface area (Å²) < 4.78 is 40.2. The number of carbonyl (C=O) groups excluding carboxylic acids is 1. The summed E-state index contributed by atoms with van der Waals surface area (Å²) in [5.41, 5.74) is 3.05. The highest BCUT2D eigenvalue weighted by atomic mass is 19.2. The Kier molecular flexibility index (Phi) is 4.70. The Morgan fingerprint density at radius 1 is 0.880 bits per heavy atom. The van der Waals surface area contributed by atoms with Crippen molar-refractivity contribution in [2.45, 2.75) is 13.8 Å². The predicted octanol–water partition coefficient (Wildman–Crippen LogP) is 3.68. The van der Waals surface area contributed by atoms with Crippen LogP contribution in [0.1, 0.15) is 21.5 Å². The number of benzene rings is 2. The van der Waals surface area contributed by atoms with Crippen molar-refractivity contribution in [1.29, 1.82) is 0 Å². The van der Waals surface area contributed by atoms with Gasteiger partial charge in [-0.1, -0.05) is 6.07 Å². The zero-order valence-electron chi connectivity index (χ0n) is 14.2. The maximum atomic E-state index is 13.8. The highest BCUT2D eigenvalue weighted by molar-refractivity contribution is 5.94. The smallest absolute Gasteiger partial charge is 0.257 e. The van der Waals surface area contributed by atoms with E-state index in [1.807, 2.05) is 19.9 Å². The zero-order valence-corrected chi connectivity index (χ0v) is 14.2. The fraction of sp³-hybridized carbons (Fsp3) is 0.316. The molecule has 1 amide bonds. The lowest BCUT2D eigenvalue weighted by Gasteiger charge is -2.36. The van der Waals surface area contributed by atoms with Crippen molar-refractivity contribution in [3.05, 3.63) is 64.5 Å². The average Bonchev–Trinajstić information content (AvgIpc) is 2.62. The molecule has 1 heterocycles. The first-order chi connectivity index (χ1) is 11.9. The van der Waals surface area contributed by atoms with Crippen LogP contribution in [0, 0.1) is 31.3 Å².